The summed E-state index contributed by atoms with van der Waals surface area (Å²) in [6, 6.07) is 12.7. The molecule has 4 rings (SSSR count). The van der Waals surface area contributed by atoms with Crippen LogP contribution >= 0.6 is 15.9 Å². The summed E-state index contributed by atoms with van der Waals surface area (Å²) < 4.78 is 28.1. The minimum atomic E-state index is -3.76. The number of nitrogens with zero attached hydrogens (tertiary/aromatic N) is 2. The van der Waals surface area contributed by atoms with Crippen LogP contribution in [0.1, 0.15) is 25.7 Å². The van der Waals surface area contributed by atoms with E-state index < -0.39 is 16.1 Å². The molecule has 2 saturated heterocycles. The smallest absolute Gasteiger partial charge is 0.243 e. The maximum atomic E-state index is 13.0. The van der Waals surface area contributed by atoms with Gasteiger partial charge in [0.05, 0.1) is 4.90 Å². The molecule has 1 unspecified atom stereocenters. The molecular formula is C21H22BrN3O4S. The van der Waals surface area contributed by atoms with Gasteiger partial charge in [0.15, 0.2) is 0 Å². The summed E-state index contributed by atoms with van der Waals surface area (Å²) in [5.74, 6) is -0.246. The van der Waals surface area contributed by atoms with Crippen LogP contribution in [-0.2, 0) is 19.6 Å². The third-order valence-electron chi connectivity index (χ3n) is 5.45. The first-order chi connectivity index (χ1) is 14.4. The summed E-state index contributed by atoms with van der Waals surface area (Å²) in [6.07, 6.45) is 2.51. The van der Waals surface area contributed by atoms with Crippen LogP contribution in [0.4, 0.5) is 11.4 Å². The number of amides is 2. The Kier molecular flexibility index (Phi) is 5.95. The number of halogens is 1. The predicted molar refractivity (Wildman–Crippen MR) is 118 cm³/mol. The number of rotatable bonds is 5. The standard InChI is InChI=1S/C21H22BrN3O4S/c22-15-5-11-18(12-6-15)30(28,29)25-14-1-3-19(25)21(27)23-16-7-9-17(10-8-16)24-13-2-4-20(24)26/h5-12,19H,1-4,13-14H2,(H,23,27). The van der Waals surface area contributed by atoms with Gasteiger partial charge in [-0.15, -0.1) is 0 Å². The average Bonchev–Trinajstić information content (AvgIpc) is 3.38. The largest absolute Gasteiger partial charge is 0.325 e. The van der Waals surface area contributed by atoms with Crippen LogP contribution in [0.25, 0.3) is 0 Å². The molecule has 30 heavy (non-hydrogen) atoms. The van der Waals surface area contributed by atoms with Gasteiger partial charge in [0.25, 0.3) is 0 Å². The molecule has 2 heterocycles. The van der Waals surface area contributed by atoms with Gasteiger partial charge in [0, 0.05) is 35.4 Å². The van der Waals surface area contributed by atoms with E-state index in [0.717, 1.165) is 16.6 Å². The highest BCUT2D eigenvalue weighted by Crippen LogP contribution is 2.28. The SMILES string of the molecule is O=C(Nc1ccc(N2CCCC2=O)cc1)C1CCCN1S(=O)(=O)c1ccc(Br)cc1. The minimum absolute atomic E-state index is 0.103. The Balaban J connectivity index is 1.47. The maximum Gasteiger partial charge on any atom is 0.243 e. The Bertz CT molecular complexity index is 1050. The molecule has 158 valence electrons. The molecule has 2 aliphatic heterocycles. The van der Waals surface area contributed by atoms with E-state index in [2.05, 4.69) is 21.2 Å². The Morgan fingerprint density at radius 1 is 1.00 bits per heavy atom. The minimum Gasteiger partial charge on any atom is -0.325 e. The molecule has 0 aliphatic carbocycles. The zero-order valence-corrected chi connectivity index (χ0v) is 18.7. The number of carbonyl (C=O) groups excluding carboxylic acids is 2. The molecule has 1 N–H and O–H groups in total. The number of carbonyl (C=O) groups is 2. The summed E-state index contributed by atoms with van der Waals surface area (Å²) >= 11 is 3.30. The van der Waals surface area contributed by atoms with E-state index >= 15 is 0 Å². The first kappa shape index (κ1) is 21.0. The molecule has 0 bridgehead atoms. The highest BCUT2D eigenvalue weighted by atomic mass is 79.9. The summed E-state index contributed by atoms with van der Waals surface area (Å²) in [7, 11) is -3.76. The molecule has 2 fully saturated rings. The van der Waals surface area contributed by atoms with Crippen molar-refractivity contribution in [2.75, 3.05) is 23.3 Å². The Morgan fingerprint density at radius 3 is 2.33 bits per heavy atom. The van der Waals surface area contributed by atoms with Crippen molar-refractivity contribution in [2.45, 2.75) is 36.6 Å². The molecule has 2 aromatic rings. The number of benzene rings is 2. The molecule has 0 radical (unpaired) electrons. The summed E-state index contributed by atoms with van der Waals surface area (Å²) in [5.41, 5.74) is 1.37. The molecular weight excluding hydrogens is 470 g/mol. The van der Waals surface area contributed by atoms with Gasteiger partial charge in [0.1, 0.15) is 6.04 Å². The zero-order valence-electron chi connectivity index (χ0n) is 16.3. The number of sulfonamides is 1. The van der Waals surface area contributed by atoms with Crippen molar-refractivity contribution < 1.29 is 18.0 Å². The number of hydrogen-bond donors (Lipinski definition) is 1. The highest BCUT2D eigenvalue weighted by Gasteiger charge is 2.39. The predicted octanol–water partition coefficient (Wildman–Crippen LogP) is 3.37. The van der Waals surface area contributed by atoms with E-state index in [1.165, 1.54) is 16.4 Å². The van der Waals surface area contributed by atoms with Crippen molar-refractivity contribution in [3.8, 4) is 0 Å². The monoisotopic (exact) mass is 491 g/mol. The van der Waals surface area contributed by atoms with Crippen LogP contribution in [0.15, 0.2) is 57.9 Å². The number of hydrogen-bond acceptors (Lipinski definition) is 4. The molecule has 0 saturated carbocycles. The van der Waals surface area contributed by atoms with Crippen LogP contribution in [0.3, 0.4) is 0 Å². The first-order valence-corrected chi connectivity index (χ1v) is 12.1. The van der Waals surface area contributed by atoms with E-state index in [-0.39, 0.29) is 16.7 Å². The van der Waals surface area contributed by atoms with Crippen LogP contribution in [-0.4, -0.2) is 43.7 Å². The van der Waals surface area contributed by atoms with Crippen LogP contribution in [0.5, 0.6) is 0 Å². The van der Waals surface area contributed by atoms with E-state index in [1.807, 2.05) is 0 Å². The second-order valence-electron chi connectivity index (χ2n) is 7.41. The second kappa shape index (κ2) is 8.49. The molecule has 1 atom stereocenters. The van der Waals surface area contributed by atoms with Gasteiger partial charge in [0.2, 0.25) is 21.8 Å². The maximum absolute atomic E-state index is 13.0. The summed E-state index contributed by atoms with van der Waals surface area (Å²) in [5, 5.41) is 2.82. The van der Waals surface area contributed by atoms with E-state index in [0.29, 0.717) is 38.0 Å². The van der Waals surface area contributed by atoms with Gasteiger partial charge < -0.3 is 10.2 Å². The fraction of sp³-hybridized carbons (Fsp3) is 0.333. The molecule has 0 aromatic heterocycles. The topological polar surface area (TPSA) is 86.8 Å². The van der Waals surface area contributed by atoms with Crippen LogP contribution in [0, 0.1) is 0 Å². The second-order valence-corrected chi connectivity index (χ2v) is 10.2. The van der Waals surface area contributed by atoms with E-state index in [4.69, 9.17) is 0 Å². The fourth-order valence-corrected chi connectivity index (χ4v) is 5.82. The van der Waals surface area contributed by atoms with Crippen LogP contribution in [0.2, 0.25) is 0 Å². The average molecular weight is 492 g/mol. The van der Waals surface area contributed by atoms with Crippen molar-refractivity contribution in [3.63, 3.8) is 0 Å². The van der Waals surface area contributed by atoms with Crippen LogP contribution < -0.4 is 10.2 Å². The van der Waals surface area contributed by atoms with Gasteiger partial charge in [-0.2, -0.15) is 4.31 Å². The molecule has 9 heteroatoms. The van der Waals surface area contributed by atoms with Crippen molar-refractivity contribution >= 4 is 49.1 Å². The van der Waals surface area contributed by atoms with Crippen molar-refractivity contribution in [3.05, 3.63) is 53.0 Å². The quantitative estimate of drug-likeness (QED) is 0.694. The summed E-state index contributed by atoms with van der Waals surface area (Å²) in [4.78, 5) is 26.6. The fourth-order valence-electron chi connectivity index (χ4n) is 3.90. The molecule has 2 amide bonds. The van der Waals surface area contributed by atoms with Crippen molar-refractivity contribution in [1.82, 2.24) is 4.31 Å². The van der Waals surface area contributed by atoms with Gasteiger partial charge in [-0.3, -0.25) is 9.59 Å². The Morgan fingerprint density at radius 2 is 1.70 bits per heavy atom. The van der Waals surface area contributed by atoms with E-state index in [9.17, 15) is 18.0 Å². The number of anilines is 2. The van der Waals surface area contributed by atoms with Gasteiger partial charge in [-0.1, -0.05) is 15.9 Å². The zero-order chi connectivity index (χ0) is 21.3. The molecule has 7 nitrogen and oxygen atoms in total. The number of nitrogens with one attached hydrogen (secondary N) is 1. The van der Waals surface area contributed by atoms with E-state index in [1.54, 1.807) is 41.3 Å². The lowest BCUT2D eigenvalue weighted by Gasteiger charge is -2.23. The third kappa shape index (κ3) is 4.14. The highest BCUT2D eigenvalue weighted by molar-refractivity contribution is 9.10. The van der Waals surface area contributed by atoms with Crippen molar-refractivity contribution in [2.24, 2.45) is 0 Å². The van der Waals surface area contributed by atoms with Gasteiger partial charge in [-0.05, 0) is 67.8 Å². The molecule has 2 aromatic carbocycles. The Hall–Kier alpha value is -2.23. The lowest BCUT2D eigenvalue weighted by atomic mass is 10.2. The third-order valence-corrected chi connectivity index (χ3v) is 7.90. The van der Waals surface area contributed by atoms with Crippen molar-refractivity contribution in [1.29, 1.82) is 0 Å². The lowest BCUT2D eigenvalue weighted by Crippen LogP contribution is -2.43. The Labute approximate surface area is 184 Å². The van der Waals surface area contributed by atoms with Gasteiger partial charge >= 0.3 is 0 Å². The van der Waals surface area contributed by atoms with Gasteiger partial charge in [-0.25, -0.2) is 8.42 Å². The molecule has 2 aliphatic rings. The lowest BCUT2D eigenvalue weighted by molar-refractivity contribution is -0.119. The summed E-state index contributed by atoms with van der Waals surface area (Å²) in [6.45, 7) is 1.02. The first-order valence-electron chi connectivity index (χ1n) is 9.85. The normalized spacial score (nSPS) is 20.0. The molecule has 0 spiro atoms.